The molecule has 2 rings (SSSR count). The lowest BCUT2D eigenvalue weighted by atomic mass is 10.3. The van der Waals surface area contributed by atoms with Crippen molar-refractivity contribution in [3.8, 4) is 0 Å². The van der Waals surface area contributed by atoms with Gasteiger partial charge in [0.15, 0.2) is 0 Å². The molecule has 0 bridgehead atoms. The number of rotatable bonds is 4. The van der Waals surface area contributed by atoms with Crippen molar-refractivity contribution in [2.24, 2.45) is 0 Å². The van der Waals surface area contributed by atoms with Gasteiger partial charge in [0.2, 0.25) is 0 Å². The van der Waals surface area contributed by atoms with Gasteiger partial charge < -0.3 is 9.84 Å². The predicted octanol–water partition coefficient (Wildman–Crippen LogP) is 0.767. The lowest BCUT2D eigenvalue weighted by Gasteiger charge is -2.10. The Labute approximate surface area is 103 Å². The van der Waals surface area contributed by atoms with Gasteiger partial charge in [0.05, 0.1) is 0 Å². The molecule has 2 aromatic rings. The molecule has 0 amide bonds. The minimum Gasteiger partial charge on any atom is -0.430 e. The molecule has 0 radical (unpaired) electrons. The number of aromatic nitrogens is 3. The van der Waals surface area contributed by atoms with E-state index >= 15 is 0 Å². The fourth-order valence-electron chi connectivity index (χ4n) is 1.41. The molecule has 1 aromatic carbocycles. The summed E-state index contributed by atoms with van der Waals surface area (Å²) < 4.78 is 4.90. The zero-order chi connectivity index (χ0) is 13.0. The molecule has 96 valence electrons. The Morgan fingerprint density at radius 3 is 3.06 bits per heavy atom. The third-order valence-corrected chi connectivity index (χ3v) is 2.32. The molecule has 1 heterocycles. The summed E-state index contributed by atoms with van der Waals surface area (Å²) in [5, 5.41) is 16.2. The number of hydrogen-bond acceptors (Lipinski definition) is 6. The number of nitrogens with zero attached hydrogens (tertiary/aromatic N) is 3. The van der Waals surface area contributed by atoms with Crippen LogP contribution in [0.2, 0.25) is 0 Å². The average molecular weight is 251 g/mol. The Bertz CT molecular complexity index is 540. The van der Waals surface area contributed by atoms with Gasteiger partial charge in [-0.15, -0.1) is 5.10 Å². The van der Waals surface area contributed by atoms with E-state index in [4.69, 9.17) is 14.7 Å². The summed E-state index contributed by atoms with van der Waals surface area (Å²) in [6.07, 6.45) is -0.948. The van der Waals surface area contributed by atoms with Gasteiger partial charge in [-0.25, -0.2) is 4.79 Å². The highest BCUT2D eigenvalue weighted by Crippen LogP contribution is 2.08. The summed E-state index contributed by atoms with van der Waals surface area (Å²) in [6, 6.07) is 7.07. The highest BCUT2D eigenvalue weighted by atomic mass is 16.8. The first-order valence-corrected chi connectivity index (χ1v) is 5.51. The van der Waals surface area contributed by atoms with E-state index in [0.717, 1.165) is 4.85 Å². The molecule has 0 aliphatic carbocycles. The van der Waals surface area contributed by atoms with E-state index in [1.807, 2.05) is 6.07 Å². The van der Waals surface area contributed by atoms with Crippen LogP contribution >= 0.6 is 0 Å². The second-order valence-corrected chi connectivity index (χ2v) is 3.73. The first-order chi connectivity index (χ1) is 8.70. The number of fused-ring (bicyclic) bond motifs is 1. The molecule has 0 aliphatic rings. The number of aliphatic hydroxyl groups is 1. The summed E-state index contributed by atoms with van der Waals surface area (Å²) in [6.45, 7) is 1.61. The summed E-state index contributed by atoms with van der Waals surface area (Å²) in [5.74, 6) is 0. The van der Waals surface area contributed by atoms with Crippen LogP contribution in [0.3, 0.4) is 0 Å². The van der Waals surface area contributed by atoms with Crippen LogP contribution in [0.15, 0.2) is 24.3 Å². The van der Waals surface area contributed by atoms with Crippen molar-refractivity contribution < 1.29 is 19.5 Å². The van der Waals surface area contributed by atoms with Crippen molar-refractivity contribution in [1.82, 2.24) is 15.2 Å². The fraction of sp³-hybridized carbons (Fsp3) is 0.364. The molecule has 1 atom stereocenters. The molecule has 0 spiro atoms. The number of aliphatic hydroxyl groups excluding tert-OH is 1. The number of carbonyl (C=O) groups is 1. The topological polar surface area (TPSA) is 86.5 Å². The van der Waals surface area contributed by atoms with Gasteiger partial charge in [-0.2, -0.15) is 0 Å². The number of hydrogen-bond donors (Lipinski definition) is 1. The first kappa shape index (κ1) is 12.3. The van der Waals surface area contributed by atoms with Gasteiger partial charge in [-0.1, -0.05) is 17.0 Å². The largest absolute Gasteiger partial charge is 0.535 e. The van der Waals surface area contributed by atoms with Crippen LogP contribution in [0.1, 0.15) is 13.3 Å². The number of carbonyl (C=O) groups excluding carboxylic acids is 1. The smallest absolute Gasteiger partial charge is 0.430 e. The lowest BCUT2D eigenvalue weighted by Crippen LogP contribution is -2.26. The molecule has 0 fully saturated rings. The van der Waals surface area contributed by atoms with Gasteiger partial charge in [-0.05, 0) is 24.3 Å². The summed E-state index contributed by atoms with van der Waals surface area (Å²) >= 11 is 0. The fourth-order valence-corrected chi connectivity index (χ4v) is 1.41. The molecule has 0 saturated carbocycles. The van der Waals surface area contributed by atoms with Gasteiger partial charge in [0, 0.05) is 13.0 Å². The van der Waals surface area contributed by atoms with Crippen LogP contribution in [0.25, 0.3) is 11.0 Å². The second-order valence-electron chi connectivity index (χ2n) is 3.73. The highest BCUT2D eigenvalue weighted by Gasteiger charge is 2.14. The summed E-state index contributed by atoms with van der Waals surface area (Å²) in [7, 11) is 0. The van der Waals surface area contributed by atoms with Gasteiger partial charge >= 0.3 is 6.16 Å². The summed E-state index contributed by atoms with van der Waals surface area (Å²) in [4.78, 5) is 17.3. The molecule has 1 unspecified atom stereocenters. The van der Waals surface area contributed by atoms with Crippen molar-refractivity contribution in [3.63, 3.8) is 0 Å². The standard InChI is InChI=1S/C11H13N3O4/c1-8(6-7-15)17-11(16)18-14-10-5-3-2-4-9(10)12-13-14/h2-5,8,15H,6-7H2,1H3. The monoisotopic (exact) mass is 251 g/mol. The number of ether oxygens (including phenoxy) is 1. The average Bonchev–Trinajstić information content (AvgIpc) is 2.73. The number of para-hydroxylation sites is 1. The maximum Gasteiger partial charge on any atom is 0.535 e. The van der Waals surface area contributed by atoms with Crippen molar-refractivity contribution in [3.05, 3.63) is 24.3 Å². The Morgan fingerprint density at radius 2 is 2.28 bits per heavy atom. The van der Waals surface area contributed by atoms with Crippen LogP contribution in [0, 0.1) is 0 Å². The molecular weight excluding hydrogens is 238 g/mol. The molecule has 7 heteroatoms. The second kappa shape index (κ2) is 5.46. The van der Waals surface area contributed by atoms with E-state index in [1.165, 1.54) is 0 Å². The molecule has 0 aliphatic heterocycles. The molecule has 1 aromatic heterocycles. The minimum atomic E-state index is -0.883. The van der Waals surface area contributed by atoms with Crippen LogP contribution < -0.4 is 4.84 Å². The Kier molecular flexibility index (Phi) is 3.73. The van der Waals surface area contributed by atoms with Crippen molar-refractivity contribution in [1.29, 1.82) is 0 Å². The predicted molar refractivity (Wildman–Crippen MR) is 61.8 cm³/mol. The van der Waals surface area contributed by atoms with E-state index in [0.29, 0.717) is 17.5 Å². The van der Waals surface area contributed by atoms with E-state index < -0.39 is 12.3 Å². The van der Waals surface area contributed by atoms with Crippen molar-refractivity contribution in [2.75, 3.05) is 6.61 Å². The van der Waals surface area contributed by atoms with E-state index in [-0.39, 0.29) is 6.61 Å². The highest BCUT2D eigenvalue weighted by molar-refractivity contribution is 5.74. The molecular formula is C11H13N3O4. The zero-order valence-electron chi connectivity index (χ0n) is 9.81. The van der Waals surface area contributed by atoms with E-state index in [9.17, 15) is 4.79 Å². The quantitative estimate of drug-likeness (QED) is 0.638. The first-order valence-electron chi connectivity index (χ1n) is 5.51. The van der Waals surface area contributed by atoms with Crippen LogP contribution in [-0.2, 0) is 4.74 Å². The molecule has 18 heavy (non-hydrogen) atoms. The normalized spacial score (nSPS) is 12.3. The Hall–Kier alpha value is -2.15. The zero-order valence-corrected chi connectivity index (χ0v) is 9.81. The third kappa shape index (κ3) is 2.75. The van der Waals surface area contributed by atoms with Crippen LogP contribution in [-0.4, -0.2) is 39.1 Å². The van der Waals surface area contributed by atoms with Gasteiger partial charge in [0.1, 0.15) is 17.1 Å². The molecule has 1 N–H and O–H groups in total. The molecule has 7 nitrogen and oxygen atoms in total. The maximum absolute atomic E-state index is 11.4. The molecule has 0 saturated heterocycles. The maximum atomic E-state index is 11.4. The summed E-state index contributed by atoms with van der Waals surface area (Å²) in [5.41, 5.74) is 1.19. The van der Waals surface area contributed by atoms with Crippen LogP contribution in [0.5, 0.6) is 0 Å². The van der Waals surface area contributed by atoms with Gasteiger partial charge in [-0.3, -0.25) is 4.84 Å². The van der Waals surface area contributed by atoms with Crippen molar-refractivity contribution >= 4 is 17.2 Å². The van der Waals surface area contributed by atoms with Crippen molar-refractivity contribution in [2.45, 2.75) is 19.4 Å². The van der Waals surface area contributed by atoms with Gasteiger partial charge in [0.25, 0.3) is 0 Å². The SMILES string of the molecule is CC(CCO)OC(=O)On1nnc2ccccc21. The Balaban J connectivity index is 2.03. The van der Waals surface area contributed by atoms with Crippen LogP contribution in [0.4, 0.5) is 4.79 Å². The van der Waals surface area contributed by atoms with E-state index in [2.05, 4.69) is 10.3 Å². The lowest BCUT2D eigenvalue weighted by molar-refractivity contribution is 0.0107. The minimum absolute atomic E-state index is 0.0549. The Morgan fingerprint density at radius 1 is 1.50 bits per heavy atom. The third-order valence-electron chi connectivity index (χ3n) is 2.32. The van der Waals surface area contributed by atoms with E-state index in [1.54, 1.807) is 25.1 Å². The number of benzene rings is 1.